The van der Waals surface area contributed by atoms with Gasteiger partial charge in [0, 0.05) is 11.7 Å². The van der Waals surface area contributed by atoms with Crippen LogP contribution < -0.4 is 0 Å². The maximum Gasteiger partial charge on any atom is 0.411 e. The van der Waals surface area contributed by atoms with E-state index >= 15 is 0 Å². The monoisotopic (exact) mass is 318 g/mol. The molecule has 2 aliphatic rings. The summed E-state index contributed by atoms with van der Waals surface area (Å²) in [6.45, 7) is 7.46. The zero-order valence-corrected chi connectivity index (χ0v) is 14.1. The first-order valence-corrected chi connectivity index (χ1v) is 8.10. The maximum atomic E-state index is 13.2. The van der Waals surface area contributed by atoms with E-state index in [-0.39, 0.29) is 18.2 Å². The molecule has 1 saturated heterocycles. The molecule has 1 aromatic rings. The summed E-state index contributed by atoms with van der Waals surface area (Å²) in [5.41, 5.74) is 2.34. The number of hydrogen-bond acceptors (Lipinski definition) is 3. The number of fused-ring (bicyclic) bond motifs is 2. The molecule has 2 bridgehead atoms. The highest BCUT2D eigenvalue weighted by molar-refractivity contribution is 5.75. The second-order valence-corrected chi connectivity index (χ2v) is 7.35. The van der Waals surface area contributed by atoms with E-state index in [4.69, 9.17) is 4.74 Å². The number of aryl methyl sites for hydroxylation is 1. The van der Waals surface area contributed by atoms with Gasteiger partial charge in [-0.3, -0.25) is 4.90 Å². The van der Waals surface area contributed by atoms with Gasteiger partial charge in [-0.25, -0.2) is 9.78 Å². The largest absolute Gasteiger partial charge is 0.444 e. The summed E-state index contributed by atoms with van der Waals surface area (Å²) in [7, 11) is 0. The van der Waals surface area contributed by atoms with Gasteiger partial charge in [0.1, 0.15) is 5.60 Å². The number of halogens is 1. The van der Waals surface area contributed by atoms with Crippen molar-refractivity contribution >= 4 is 11.7 Å². The highest BCUT2D eigenvalue weighted by Gasteiger charge is 2.41. The molecule has 124 valence electrons. The SMILES string of the molecule is Cc1nc(F)ccc1C1=CC2CCC(C1)N2C(=O)OC(C)(C)C. The molecule has 3 heterocycles. The lowest BCUT2D eigenvalue weighted by Crippen LogP contribution is -2.45. The molecule has 1 aromatic heterocycles. The second kappa shape index (κ2) is 5.62. The zero-order valence-electron chi connectivity index (χ0n) is 14.1. The van der Waals surface area contributed by atoms with Crippen molar-refractivity contribution in [3.63, 3.8) is 0 Å². The van der Waals surface area contributed by atoms with E-state index in [9.17, 15) is 9.18 Å². The normalized spacial score (nSPS) is 23.7. The van der Waals surface area contributed by atoms with E-state index in [1.807, 2.05) is 32.6 Å². The number of carbonyl (C=O) groups is 1. The highest BCUT2D eigenvalue weighted by atomic mass is 19.1. The molecule has 3 rings (SSSR count). The van der Waals surface area contributed by atoms with Crippen LogP contribution in [-0.4, -0.2) is 33.7 Å². The molecule has 1 fully saturated rings. The molecule has 5 heteroatoms. The molecule has 0 saturated carbocycles. The summed E-state index contributed by atoms with van der Waals surface area (Å²) in [5, 5.41) is 0. The first-order valence-electron chi connectivity index (χ1n) is 8.10. The Labute approximate surface area is 136 Å². The van der Waals surface area contributed by atoms with Crippen LogP contribution in [0, 0.1) is 12.9 Å². The molecule has 1 amide bonds. The Balaban J connectivity index is 1.84. The van der Waals surface area contributed by atoms with E-state index in [2.05, 4.69) is 11.1 Å². The van der Waals surface area contributed by atoms with Crippen LogP contribution in [0.2, 0.25) is 0 Å². The Morgan fingerprint density at radius 1 is 1.35 bits per heavy atom. The van der Waals surface area contributed by atoms with Crippen molar-refractivity contribution in [2.45, 2.75) is 64.6 Å². The van der Waals surface area contributed by atoms with Gasteiger partial charge < -0.3 is 4.74 Å². The average molecular weight is 318 g/mol. The van der Waals surface area contributed by atoms with Crippen LogP contribution in [0.3, 0.4) is 0 Å². The van der Waals surface area contributed by atoms with Gasteiger partial charge in [-0.1, -0.05) is 6.08 Å². The Hall–Kier alpha value is -1.91. The lowest BCUT2D eigenvalue weighted by atomic mass is 9.94. The van der Waals surface area contributed by atoms with E-state index in [0.717, 1.165) is 30.4 Å². The van der Waals surface area contributed by atoms with Gasteiger partial charge in [0.15, 0.2) is 0 Å². The number of ether oxygens (including phenoxy) is 1. The Morgan fingerprint density at radius 3 is 2.70 bits per heavy atom. The molecule has 0 aliphatic carbocycles. The summed E-state index contributed by atoms with van der Waals surface area (Å²) in [4.78, 5) is 18.2. The van der Waals surface area contributed by atoms with E-state index in [1.165, 1.54) is 6.07 Å². The third kappa shape index (κ3) is 3.23. The summed E-state index contributed by atoms with van der Waals surface area (Å²) < 4.78 is 18.7. The Morgan fingerprint density at radius 2 is 2.09 bits per heavy atom. The van der Waals surface area contributed by atoms with E-state index in [1.54, 1.807) is 6.07 Å². The standard InChI is InChI=1S/C18H23FN2O2/c1-11-15(7-8-16(19)20-11)12-9-13-5-6-14(10-12)21(13)17(22)23-18(2,3)4/h7-9,13-14H,5-6,10H2,1-4H3. The molecule has 0 radical (unpaired) electrons. The van der Waals surface area contributed by atoms with Gasteiger partial charge in [-0.15, -0.1) is 0 Å². The van der Waals surface area contributed by atoms with Crippen LogP contribution >= 0.6 is 0 Å². The second-order valence-electron chi connectivity index (χ2n) is 7.35. The third-order valence-corrected chi connectivity index (χ3v) is 4.40. The van der Waals surface area contributed by atoms with Crippen LogP contribution in [0.1, 0.15) is 51.3 Å². The molecule has 2 aliphatic heterocycles. The topological polar surface area (TPSA) is 42.4 Å². The Kier molecular flexibility index (Phi) is 3.90. The minimum atomic E-state index is -0.488. The molecular weight excluding hydrogens is 295 g/mol. The number of hydrogen-bond donors (Lipinski definition) is 0. The lowest BCUT2D eigenvalue weighted by molar-refractivity contribution is 0.0175. The van der Waals surface area contributed by atoms with Crippen LogP contribution in [-0.2, 0) is 4.74 Å². The molecule has 23 heavy (non-hydrogen) atoms. The smallest absolute Gasteiger partial charge is 0.411 e. The minimum absolute atomic E-state index is 0.0584. The molecule has 4 nitrogen and oxygen atoms in total. The van der Waals surface area contributed by atoms with Crippen LogP contribution in [0.15, 0.2) is 18.2 Å². The first-order chi connectivity index (χ1) is 10.7. The van der Waals surface area contributed by atoms with Crippen molar-refractivity contribution in [1.29, 1.82) is 0 Å². The number of pyridine rings is 1. The summed E-state index contributed by atoms with van der Waals surface area (Å²) in [6.07, 6.45) is 4.56. The number of rotatable bonds is 1. The summed E-state index contributed by atoms with van der Waals surface area (Å²) in [6, 6.07) is 3.39. The van der Waals surface area contributed by atoms with Crippen LogP contribution in [0.4, 0.5) is 9.18 Å². The Bertz CT molecular complexity index is 663. The molecule has 2 unspecified atom stereocenters. The van der Waals surface area contributed by atoms with Crippen molar-refractivity contribution in [3.8, 4) is 0 Å². The third-order valence-electron chi connectivity index (χ3n) is 4.40. The fourth-order valence-electron chi connectivity index (χ4n) is 3.50. The van der Waals surface area contributed by atoms with Gasteiger partial charge in [0.2, 0.25) is 5.95 Å². The van der Waals surface area contributed by atoms with Crippen molar-refractivity contribution < 1.29 is 13.9 Å². The maximum absolute atomic E-state index is 13.2. The number of amides is 1. The number of nitrogens with zero attached hydrogens (tertiary/aromatic N) is 2. The quantitative estimate of drug-likeness (QED) is 0.733. The van der Waals surface area contributed by atoms with Crippen LogP contribution in [0.5, 0.6) is 0 Å². The summed E-state index contributed by atoms with van der Waals surface area (Å²) in [5.74, 6) is -0.457. The van der Waals surface area contributed by atoms with Gasteiger partial charge in [0.25, 0.3) is 0 Å². The fraction of sp³-hybridized carbons (Fsp3) is 0.556. The van der Waals surface area contributed by atoms with Gasteiger partial charge >= 0.3 is 6.09 Å². The van der Waals surface area contributed by atoms with E-state index < -0.39 is 11.5 Å². The highest BCUT2D eigenvalue weighted by Crippen LogP contribution is 2.39. The minimum Gasteiger partial charge on any atom is -0.444 e. The molecular formula is C18H23FN2O2. The van der Waals surface area contributed by atoms with Gasteiger partial charge in [-0.2, -0.15) is 4.39 Å². The average Bonchev–Trinajstić information content (AvgIpc) is 2.68. The van der Waals surface area contributed by atoms with Crippen molar-refractivity contribution in [2.75, 3.05) is 0 Å². The molecule has 0 aromatic carbocycles. The first kappa shape index (κ1) is 16.0. The number of carbonyl (C=O) groups excluding carboxylic acids is 1. The van der Waals surface area contributed by atoms with Crippen molar-refractivity contribution in [2.24, 2.45) is 0 Å². The van der Waals surface area contributed by atoms with Crippen molar-refractivity contribution in [1.82, 2.24) is 9.88 Å². The predicted octanol–water partition coefficient (Wildman–Crippen LogP) is 4.08. The molecule has 0 N–H and O–H groups in total. The molecule has 2 atom stereocenters. The van der Waals surface area contributed by atoms with Gasteiger partial charge in [0.05, 0.1) is 6.04 Å². The van der Waals surface area contributed by atoms with Crippen molar-refractivity contribution in [3.05, 3.63) is 35.4 Å². The van der Waals surface area contributed by atoms with Crippen LogP contribution in [0.25, 0.3) is 5.57 Å². The summed E-state index contributed by atoms with van der Waals surface area (Å²) >= 11 is 0. The number of aromatic nitrogens is 1. The van der Waals surface area contributed by atoms with E-state index in [0.29, 0.717) is 5.69 Å². The lowest BCUT2D eigenvalue weighted by Gasteiger charge is -2.35. The molecule has 0 spiro atoms. The zero-order chi connectivity index (χ0) is 16.8. The fourth-order valence-corrected chi connectivity index (χ4v) is 3.50. The predicted molar refractivity (Wildman–Crippen MR) is 86.4 cm³/mol. The van der Waals surface area contributed by atoms with Gasteiger partial charge in [-0.05, 0) is 70.2 Å².